The fourth-order valence-electron chi connectivity index (χ4n) is 3.21. The molecule has 1 amide bonds. The highest BCUT2D eigenvalue weighted by Crippen LogP contribution is 2.28. The predicted octanol–water partition coefficient (Wildman–Crippen LogP) is 5.24. The van der Waals surface area contributed by atoms with Gasteiger partial charge in [-0.05, 0) is 42.5 Å². The molecule has 2 aromatic carbocycles. The highest BCUT2D eigenvalue weighted by atomic mass is 35.5. The average molecular weight is 494 g/mol. The van der Waals surface area contributed by atoms with Gasteiger partial charge >= 0.3 is 0 Å². The summed E-state index contributed by atoms with van der Waals surface area (Å²) in [7, 11) is 1.62. The van der Waals surface area contributed by atoms with E-state index < -0.39 is 0 Å². The molecule has 10 heteroatoms. The van der Waals surface area contributed by atoms with Gasteiger partial charge in [0.15, 0.2) is 11.0 Å². The number of amides is 1. The molecule has 0 unspecified atom stereocenters. The minimum atomic E-state index is -0.168. The van der Waals surface area contributed by atoms with Crippen LogP contribution in [0, 0.1) is 11.3 Å². The van der Waals surface area contributed by atoms with Gasteiger partial charge in [-0.3, -0.25) is 9.36 Å². The fourth-order valence-corrected chi connectivity index (χ4v) is 4.31. The number of rotatable bonds is 9. The summed E-state index contributed by atoms with van der Waals surface area (Å²) >= 11 is 7.46. The topological polar surface area (TPSA) is 106 Å². The van der Waals surface area contributed by atoms with Crippen molar-refractivity contribution in [2.75, 3.05) is 18.2 Å². The van der Waals surface area contributed by atoms with Crippen LogP contribution in [0.5, 0.6) is 5.75 Å². The molecule has 2 heterocycles. The zero-order chi connectivity index (χ0) is 23.9. The van der Waals surface area contributed by atoms with Crippen LogP contribution in [0.4, 0.5) is 5.69 Å². The number of anilines is 1. The van der Waals surface area contributed by atoms with Crippen molar-refractivity contribution in [2.24, 2.45) is 0 Å². The third kappa shape index (κ3) is 5.60. The lowest BCUT2D eigenvalue weighted by atomic mass is 10.2. The molecule has 0 aliphatic heterocycles. The second kappa shape index (κ2) is 10.9. The van der Waals surface area contributed by atoms with Crippen molar-refractivity contribution in [2.45, 2.75) is 18.1 Å². The second-order valence-corrected chi connectivity index (χ2v) is 8.63. The van der Waals surface area contributed by atoms with Crippen molar-refractivity contribution in [1.29, 1.82) is 5.26 Å². The first-order chi connectivity index (χ1) is 16.6. The number of aromatic nitrogens is 3. The smallest absolute Gasteiger partial charge is 0.225 e. The Morgan fingerprint density at radius 2 is 2.12 bits per heavy atom. The molecular weight excluding hydrogens is 474 g/mol. The van der Waals surface area contributed by atoms with Crippen molar-refractivity contribution < 1.29 is 13.9 Å². The first-order valence-corrected chi connectivity index (χ1v) is 11.7. The van der Waals surface area contributed by atoms with Gasteiger partial charge in [0.2, 0.25) is 5.91 Å². The maximum Gasteiger partial charge on any atom is 0.225 e. The van der Waals surface area contributed by atoms with Gasteiger partial charge in [0.05, 0.1) is 30.5 Å². The van der Waals surface area contributed by atoms with Crippen LogP contribution in [0.25, 0.3) is 11.4 Å². The lowest BCUT2D eigenvalue weighted by molar-refractivity contribution is -0.115. The quantitative estimate of drug-likeness (QED) is 0.318. The Kier molecular flexibility index (Phi) is 7.52. The van der Waals surface area contributed by atoms with Crippen molar-refractivity contribution in [1.82, 2.24) is 14.8 Å². The molecule has 0 fully saturated rings. The van der Waals surface area contributed by atoms with Crippen LogP contribution in [0.3, 0.4) is 0 Å². The third-order valence-electron chi connectivity index (χ3n) is 4.87. The summed E-state index contributed by atoms with van der Waals surface area (Å²) in [6, 6.07) is 18.1. The van der Waals surface area contributed by atoms with Crippen LogP contribution >= 0.6 is 23.4 Å². The van der Waals surface area contributed by atoms with E-state index in [0.717, 1.165) is 17.1 Å². The Hall–Kier alpha value is -3.74. The zero-order valence-corrected chi connectivity index (χ0v) is 19.8. The maximum atomic E-state index is 12.4. The number of hydrogen-bond donors (Lipinski definition) is 1. The van der Waals surface area contributed by atoms with Gasteiger partial charge in [-0.15, -0.1) is 10.2 Å². The van der Waals surface area contributed by atoms with E-state index in [9.17, 15) is 4.79 Å². The molecule has 4 aromatic rings. The monoisotopic (exact) mass is 493 g/mol. The lowest BCUT2D eigenvalue weighted by Gasteiger charge is -2.10. The standard InChI is InChI=1S/C24H20ClN5O3S/c1-32-19-5-2-4-16(12-19)23-28-29-24(30(23)15-20-6-3-10-33-20)34-11-9-22(31)27-18-8-7-17(14-26)21(25)13-18/h2-8,10,12-13H,9,11,15H2,1H3,(H,27,31). The van der Waals surface area contributed by atoms with E-state index in [4.69, 9.17) is 26.0 Å². The number of benzene rings is 2. The van der Waals surface area contributed by atoms with Crippen LogP contribution in [-0.2, 0) is 11.3 Å². The Morgan fingerprint density at radius 3 is 2.85 bits per heavy atom. The van der Waals surface area contributed by atoms with Crippen molar-refractivity contribution in [3.63, 3.8) is 0 Å². The molecule has 4 rings (SSSR count). The van der Waals surface area contributed by atoms with E-state index >= 15 is 0 Å². The van der Waals surface area contributed by atoms with E-state index in [2.05, 4.69) is 15.5 Å². The van der Waals surface area contributed by atoms with Gasteiger partial charge < -0.3 is 14.5 Å². The number of halogens is 1. The van der Waals surface area contributed by atoms with E-state index in [1.54, 1.807) is 31.6 Å². The van der Waals surface area contributed by atoms with Gasteiger partial charge in [0.1, 0.15) is 17.6 Å². The summed E-state index contributed by atoms with van der Waals surface area (Å²) in [6.07, 6.45) is 1.88. The molecule has 0 bridgehead atoms. The summed E-state index contributed by atoms with van der Waals surface area (Å²) in [4.78, 5) is 12.4. The van der Waals surface area contributed by atoms with E-state index in [0.29, 0.717) is 39.6 Å². The summed E-state index contributed by atoms with van der Waals surface area (Å²) in [5.74, 6) is 2.48. The third-order valence-corrected chi connectivity index (χ3v) is 6.15. The molecule has 0 spiro atoms. The highest BCUT2D eigenvalue weighted by Gasteiger charge is 2.17. The Labute approximate surface area is 205 Å². The number of nitrogens with zero attached hydrogens (tertiary/aromatic N) is 4. The molecular formula is C24H20ClN5O3S. The Balaban J connectivity index is 1.46. The normalized spacial score (nSPS) is 10.6. The Bertz CT molecular complexity index is 1330. The SMILES string of the molecule is COc1cccc(-c2nnc(SCCC(=O)Nc3ccc(C#N)c(Cl)c3)n2Cc2ccco2)c1. The van der Waals surface area contributed by atoms with E-state index in [-0.39, 0.29) is 12.3 Å². The molecule has 34 heavy (non-hydrogen) atoms. The van der Waals surface area contributed by atoms with Gasteiger partial charge in [0.25, 0.3) is 0 Å². The summed E-state index contributed by atoms with van der Waals surface area (Å²) in [5, 5.41) is 21.5. The van der Waals surface area contributed by atoms with Crippen LogP contribution in [-0.4, -0.2) is 33.5 Å². The van der Waals surface area contributed by atoms with Crippen LogP contribution in [0.15, 0.2) is 70.4 Å². The maximum absolute atomic E-state index is 12.4. The van der Waals surface area contributed by atoms with Crippen LogP contribution in [0.2, 0.25) is 5.02 Å². The molecule has 0 saturated carbocycles. The van der Waals surface area contributed by atoms with E-state index in [1.165, 1.54) is 11.8 Å². The van der Waals surface area contributed by atoms with Crippen molar-refractivity contribution >= 4 is 35.0 Å². The number of ether oxygens (including phenoxy) is 1. The largest absolute Gasteiger partial charge is 0.497 e. The molecule has 0 saturated heterocycles. The second-order valence-electron chi connectivity index (χ2n) is 7.16. The number of methoxy groups -OCH3 is 1. The zero-order valence-electron chi connectivity index (χ0n) is 18.2. The molecule has 0 aliphatic rings. The minimum absolute atomic E-state index is 0.168. The van der Waals surface area contributed by atoms with Crippen molar-refractivity contribution in [3.8, 4) is 23.2 Å². The van der Waals surface area contributed by atoms with Gasteiger partial charge in [-0.1, -0.05) is 35.5 Å². The van der Waals surface area contributed by atoms with Crippen molar-refractivity contribution in [3.05, 3.63) is 77.2 Å². The number of nitriles is 1. The number of hydrogen-bond acceptors (Lipinski definition) is 7. The summed E-state index contributed by atoms with van der Waals surface area (Å²) < 4.78 is 12.8. The van der Waals surface area contributed by atoms with Gasteiger partial charge in [-0.2, -0.15) is 5.26 Å². The molecule has 8 nitrogen and oxygen atoms in total. The number of furan rings is 1. The number of nitrogens with one attached hydrogen (secondary N) is 1. The van der Waals surface area contributed by atoms with Crippen LogP contribution in [0.1, 0.15) is 17.7 Å². The minimum Gasteiger partial charge on any atom is -0.497 e. The van der Waals surface area contributed by atoms with Gasteiger partial charge in [-0.25, -0.2) is 0 Å². The molecule has 172 valence electrons. The number of thioether (sulfide) groups is 1. The predicted molar refractivity (Wildman–Crippen MR) is 130 cm³/mol. The number of carbonyl (C=O) groups is 1. The number of carbonyl (C=O) groups excluding carboxylic acids is 1. The molecule has 1 N–H and O–H groups in total. The summed E-state index contributed by atoms with van der Waals surface area (Å²) in [5.41, 5.74) is 1.76. The first-order valence-electron chi connectivity index (χ1n) is 10.3. The molecule has 0 aliphatic carbocycles. The summed E-state index contributed by atoms with van der Waals surface area (Å²) in [6.45, 7) is 0.449. The first kappa shape index (κ1) is 23.4. The molecule has 2 aromatic heterocycles. The molecule has 0 radical (unpaired) electrons. The average Bonchev–Trinajstić information content (AvgIpc) is 3.50. The molecule has 0 atom stereocenters. The fraction of sp³-hybridized carbons (Fsp3) is 0.167. The lowest BCUT2D eigenvalue weighted by Crippen LogP contribution is -2.12. The Morgan fingerprint density at radius 1 is 1.24 bits per heavy atom. The van der Waals surface area contributed by atoms with Crippen LogP contribution < -0.4 is 10.1 Å². The highest BCUT2D eigenvalue weighted by molar-refractivity contribution is 7.99. The van der Waals surface area contributed by atoms with Gasteiger partial charge in [0, 0.05) is 23.4 Å². The van der Waals surface area contributed by atoms with E-state index in [1.807, 2.05) is 47.0 Å².